The van der Waals surface area contributed by atoms with Crippen LogP contribution in [0, 0.1) is 0 Å². The smallest absolute Gasteiger partial charge is 0.324 e. The molecule has 0 spiro atoms. The lowest BCUT2D eigenvalue weighted by atomic mass is 10.1. The van der Waals surface area contributed by atoms with Crippen LogP contribution < -0.4 is 4.84 Å². The molecule has 0 amide bonds. The van der Waals surface area contributed by atoms with Crippen molar-refractivity contribution >= 4 is 17.7 Å². The molecule has 1 atom stereocenters. The fourth-order valence-corrected chi connectivity index (χ4v) is 1.43. The first kappa shape index (κ1) is 12.0. The van der Waals surface area contributed by atoms with Gasteiger partial charge in [-0.25, -0.2) is 4.84 Å². The van der Waals surface area contributed by atoms with Crippen molar-refractivity contribution in [3.63, 3.8) is 0 Å². The van der Waals surface area contributed by atoms with Crippen LogP contribution in [0.15, 0.2) is 30.3 Å². The normalized spacial score (nSPS) is 12.1. The zero-order valence-corrected chi connectivity index (χ0v) is 9.33. The van der Waals surface area contributed by atoms with Crippen LogP contribution in [0.25, 0.3) is 0 Å². The summed E-state index contributed by atoms with van der Waals surface area (Å²) < 4.78 is 4.88. The van der Waals surface area contributed by atoms with Gasteiger partial charge < -0.3 is 4.74 Å². The van der Waals surface area contributed by atoms with Crippen molar-refractivity contribution in [1.29, 1.82) is 0 Å². The number of hydrogen-bond donors (Lipinski definition) is 1. The number of carbonyl (C=O) groups excluding carboxylic acids is 1. The number of rotatable bonds is 5. The van der Waals surface area contributed by atoms with E-state index in [1.165, 1.54) is 0 Å². The Labute approximate surface area is 94.5 Å². The lowest BCUT2D eigenvalue weighted by Gasteiger charge is -2.12. The number of carbonyl (C=O) groups is 1. The molecule has 1 N–H and O–H groups in total. The third-order valence-electron chi connectivity index (χ3n) is 1.99. The number of hydrogen-bond acceptors (Lipinski definition) is 3. The highest BCUT2D eigenvalue weighted by molar-refractivity contribution is 6.14. The van der Waals surface area contributed by atoms with Gasteiger partial charge in [-0.05, 0) is 30.7 Å². The van der Waals surface area contributed by atoms with Gasteiger partial charge in [-0.2, -0.15) is 0 Å². The van der Waals surface area contributed by atoms with Crippen LogP contribution in [0.1, 0.15) is 12.5 Å². The van der Waals surface area contributed by atoms with Crippen molar-refractivity contribution in [3.8, 4) is 0 Å². The average Bonchev–Trinajstić information content (AvgIpc) is 2.27. The number of halogens is 1. The molecule has 0 radical (unpaired) electrons. The van der Waals surface area contributed by atoms with Gasteiger partial charge in [-0.15, -0.1) is 0 Å². The van der Waals surface area contributed by atoms with Crippen LogP contribution in [-0.2, 0) is 16.0 Å². The Bertz CT molecular complexity index is 303. The van der Waals surface area contributed by atoms with E-state index in [0.717, 1.165) is 5.56 Å². The van der Waals surface area contributed by atoms with Gasteiger partial charge in [0.2, 0.25) is 0 Å². The largest absolute Gasteiger partial charge is 0.465 e. The van der Waals surface area contributed by atoms with Crippen molar-refractivity contribution in [3.05, 3.63) is 35.9 Å². The minimum atomic E-state index is -0.492. The monoisotopic (exact) mass is 227 g/mol. The molecular formula is C11H14ClNO2. The van der Waals surface area contributed by atoms with E-state index >= 15 is 0 Å². The van der Waals surface area contributed by atoms with Crippen LogP contribution >= 0.6 is 11.8 Å². The molecule has 0 aliphatic carbocycles. The molecule has 0 saturated carbocycles. The van der Waals surface area contributed by atoms with Gasteiger partial charge in [0, 0.05) is 0 Å². The second-order valence-corrected chi connectivity index (χ2v) is 3.32. The predicted molar refractivity (Wildman–Crippen MR) is 59.6 cm³/mol. The SMILES string of the molecule is CCOC(=O)C(Cc1ccccc1)NCl. The molecule has 0 bridgehead atoms. The summed E-state index contributed by atoms with van der Waals surface area (Å²) in [7, 11) is 0. The van der Waals surface area contributed by atoms with Gasteiger partial charge in [0.15, 0.2) is 0 Å². The molecule has 1 aromatic carbocycles. The summed E-state index contributed by atoms with van der Waals surface area (Å²) in [6.45, 7) is 2.13. The van der Waals surface area contributed by atoms with E-state index in [-0.39, 0.29) is 5.97 Å². The highest BCUT2D eigenvalue weighted by Gasteiger charge is 2.18. The molecule has 0 fully saturated rings. The first-order valence-corrected chi connectivity index (χ1v) is 5.22. The molecule has 1 rings (SSSR count). The summed E-state index contributed by atoms with van der Waals surface area (Å²) in [6.07, 6.45) is 0.531. The molecule has 0 heterocycles. The molecular weight excluding hydrogens is 214 g/mol. The fourth-order valence-electron chi connectivity index (χ4n) is 1.26. The molecule has 0 aliphatic heterocycles. The Morgan fingerprint density at radius 2 is 2.13 bits per heavy atom. The lowest BCUT2D eigenvalue weighted by Crippen LogP contribution is -2.34. The highest BCUT2D eigenvalue weighted by Crippen LogP contribution is 2.05. The molecule has 15 heavy (non-hydrogen) atoms. The molecule has 3 nitrogen and oxygen atoms in total. The number of nitrogens with one attached hydrogen (secondary N) is 1. The van der Waals surface area contributed by atoms with Gasteiger partial charge in [0.1, 0.15) is 6.04 Å². The maximum atomic E-state index is 11.4. The Morgan fingerprint density at radius 3 is 2.67 bits per heavy atom. The Morgan fingerprint density at radius 1 is 1.47 bits per heavy atom. The van der Waals surface area contributed by atoms with Crippen LogP contribution in [-0.4, -0.2) is 18.6 Å². The Balaban J connectivity index is 2.58. The van der Waals surface area contributed by atoms with E-state index in [0.29, 0.717) is 13.0 Å². The molecule has 0 aliphatic rings. The summed E-state index contributed by atoms with van der Waals surface area (Å²) in [5.41, 5.74) is 1.05. The molecule has 1 aromatic rings. The molecule has 82 valence electrons. The van der Waals surface area contributed by atoms with Crippen molar-refractivity contribution in [2.24, 2.45) is 0 Å². The van der Waals surface area contributed by atoms with Crippen molar-refractivity contribution in [2.75, 3.05) is 6.61 Å². The average molecular weight is 228 g/mol. The van der Waals surface area contributed by atoms with Crippen LogP contribution in [0.5, 0.6) is 0 Å². The van der Waals surface area contributed by atoms with Gasteiger partial charge >= 0.3 is 5.97 Å². The second kappa shape index (κ2) is 6.43. The number of benzene rings is 1. The third-order valence-corrected chi connectivity index (χ3v) is 2.25. The second-order valence-electron chi connectivity index (χ2n) is 3.10. The quantitative estimate of drug-likeness (QED) is 0.617. The molecule has 1 unspecified atom stereocenters. The van der Waals surface area contributed by atoms with Crippen LogP contribution in [0.3, 0.4) is 0 Å². The Hall–Kier alpha value is -1.06. The maximum Gasteiger partial charge on any atom is 0.324 e. The van der Waals surface area contributed by atoms with Crippen molar-refractivity contribution < 1.29 is 9.53 Å². The minimum Gasteiger partial charge on any atom is -0.465 e. The minimum absolute atomic E-state index is 0.323. The maximum absolute atomic E-state index is 11.4. The van der Waals surface area contributed by atoms with Gasteiger partial charge in [-0.1, -0.05) is 30.3 Å². The standard InChI is InChI=1S/C11H14ClNO2/c1-2-15-11(14)10(13-12)8-9-6-4-3-5-7-9/h3-7,10,13H,2,8H2,1H3. The van der Waals surface area contributed by atoms with Crippen LogP contribution in [0.2, 0.25) is 0 Å². The zero-order valence-electron chi connectivity index (χ0n) is 8.57. The van der Waals surface area contributed by atoms with Gasteiger partial charge in [-0.3, -0.25) is 4.79 Å². The van der Waals surface area contributed by atoms with E-state index in [2.05, 4.69) is 4.84 Å². The first-order chi connectivity index (χ1) is 7.27. The topological polar surface area (TPSA) is 38.3 Å². The van der Waals surface area contributed by atoms with Crippen molar-refractivity contribution in [1.82, 2.24) is 4.84 Å². The molecule has 0 aromatic heterocycles. The zero-order chi connectivity index (χ0) is 11.1. The summed E-state index contributed by atoms with van der Waals surface area (Å²) in [4.78, 5) is 13.8. The first-order valence-electron chi connectivity index (χ1n) is 4.84. The summed E-state index contributed by atoms with van der Waals surface area (Å²) in [6, 6.07) is 9.17. The van der Waals surface area contributed by atoms with Crippen LogP contribution in [0.4, 0.5) is 0 Å². The predicted octanol–water partition coefficient (Wildman–Crippen LogP) is 1.90. The highest BCUT2D eigenvalue weighted by atomic mass is 35.5. The van der Waals surface area contributed by atoms with E-state index in [1.807, 2.05) is 30.3 Å². The number of esters is 1. The Kier molecular flexibility index (Phi) is 5.15. The fraction of sp³-hybridized carbons (Fsp3) is 0.364. The molecule has 4 heteroatoms. The van der Waals surface area contributed by atoms with E-state index in [9.17, 15) is 4.79 Å². The summed E-state index contributed by atoms with van der Waals surface area (Å²) >= 11 is 5.50. The van der Waals surface area contributed by atoms with E-state index < -0.39 is 6.04 Å². The number of ether oxygens (including phenoxy) is 1. The summed E-state index contributed by atoms with van der Waals surface area (Å²) in [5, 5.41) is 0. The lowest BCUT2D eigenvalue weighted by molar-refractivity contribution is -0.145. The van der Waals surface area contributed by atoms with E-state index in [1.54, 1.807) is 6.92 Å². The van der Waals surface area contributed by atoms with Gasteiger partial charge in [0.05, 0.1) is 6.61 Å². The van der Waals surface area contributed by atoms with Gasteiger partial charge in [0.25, 0.3) is 0 Å². The third kappa shape index (κ3) is 3.90. The summed E-state index contributed by atoms with van der Waals surface area (Å²) in [5.74, 6) is -0.323. The van der Waals surface area contributed by atoms with E-state index in [4.69, 9.17) is 16.5 Å². The van der Waals surface area contributed by atoms with Crippen molar-refractivity contribution in [2.45, 2.75) is 19.4 Å². The molecule has 0 saturated heterocycles.